The van der Waals surface area contributed by atoms with Crippen molar-refractivity contribution in [1.29, 1.82) is 0 Å². The number of nitrogen functional groups attached to an aromatic ring is 1. The molecule has 19 heavy (non-hydrogen) atoms. The fraction of sp³-hybridized carbons (Fsp3) is 0.308. The predicted molar refractivity (Wildman–Crippen MR) is 79.3 cm³/mol. The monoisotopic (exact) mass is 343 g/mol. The SMILES string of the molecule is CC(C)(C)OC(=O)c1c(-c2ccc(Br)o2)csc1N. The van der Waals surface area contributed by atoms with Crippen LogP contribution in [0.15, 0.2) is 26.6 Å². The first-order valence-corrected chi connectivity index (χ1v) is 7.31. The van der Waals surface area contributed by atoms with Crippen molar-refractivity contribution in [2.24, 2.45) is 0 Å². The Morgan fingerprint density at radius 1 is 1.42 bits per heavy atom. The molecule has 2 rings (SSSR count). The number of anilines is 1. The minimum absolute atomic E-state index is 0.363. The van der Waals surface area contributed by atoms with Crippen LogP contribution in [-0.4, -0.2) is 11.6 Å². The molecule has 0 aliphatic rings. The fourth-order valence-corrected chi connectivity index (χ4v) is 2.65. The van der Waals surface area contributed by atoms with Crippen LogP contribution in [-0.2, 0) is 4.74 Å². The average molecular weight is 344 g/mol. The van der Waals surface area contributed by atoms with E-state index in [1.54, 1.807) is 17.5 Å². The van der Waals surface area contributed by atoms with Gasteiger partial charge in [0.05, 0.1) is 0 Å². The highest BCUT2D eigenvalue weighted by Crippen LogP contribution is 2.36. The number of furan rings is 1. The van der Waals surface area contributed by atoms with Gasteiger partial charge in [-0.1, -0.05) is 0 Å². The third kappa shape index (κ3) is 3.19. The molecule has 0 unspecified atom stereocenters. The molecule has 0 fully saturated rings. The van der Waals surface area contributed by atoms with E-state index in [0.29, 0.717) is 26.6 Å². The molecule has 0 radical (unpaired) electrons. The molecular weight excluding hydrogens is 330 g/mol. The number of thiophene rings is 1. The van der Waals surface area contributed by atoms with Crippen molar-refractivity contribution in [3.05, 3.63) is 27.7 Å². The average Bonchev–Trinajstić information content (AvgIpc) is 2.81. The number of carbonyl (C=O) groups is 1. The Morgan fingerprint density at radius 2 is 2.11 bits per heavy atom. The number of halogens is 1. The summed E-state index contributed by atoms with van der Waals surface area (Å²) in [5.41, 5.74) is 6.32. The molecule has 2 aromatic rings. The predicted octanol–water partition coefficient (Wildman–Crippen LogP) is 4.31. The molecule has 0 aliphatic heterocycles. The quantitative estimate of drug-likeness (QED) is 0.825. The Hall–Kier alpha value is -1.27. The van der Waals surface area contributed by atoms with E-state index in [4.69, 9.17) is 14.9 Å². The van der Waals surface area contributed by atoms with Gasteiger partial charge in [-0.2, -0.15) is 0 Å². The lowest BCUT2D eigenvalue weighted by atomic mass is 10.1. The van der Waals surface area contributed by atoms with Gasteiger partial charge in [-0.15, -0.1) is 11.3 Å². The van der Waals surface area contributed by atoms with Crippen LogP contribution in [0.4, 0.5) is 5.00 Å². The molecule has 0 aromatic carbocycles. The molecule has 2 heterocycles. The van der Waals surface area contributed by atoms with Crippen molar-refractivity contribution in [3.8, 4) is 11.3 Å². The van der Waals surface area contributed by atoms with Crippen LogP contribution in [0.2, 0.25) is 0 Å². The molecule has 4 nitrogen and oxygen atoms in total. The summed E-state index contributed by atoms with van der Waals surface area (Å²) >= 11 is 4.53. The van der Waals surface area contributed by atoms with Gasteiger partial charge in [0.25, 0.3) is 0 Å². The Labute approximate surface area is 123 Å². The smallest absolute Gasteiger partial charge is 0.342 e. The van der Waals surface area contributed by atoms with E-state index in [2.05, 4.69) is 15.9 Å². The Bertz CT molecular complexity index is 610. The summed E-state index contributed by atoms with van der Waals surface area (Å²) in [5.74, 6) is 0.148. The number of rotatable bonds is 2. The number of ether oxygens (including phenoxy) is 1. The van der Waals surface area contributed by atoms with E-state index in [-0.39, 0.29) is 0 Å². The second-order valence-corrected chi connectivity index (χ2v) is 6.69. The lowest BCUT2D eigenvalue weighted by molar-refractivity contribution is 0.00720. The number of hydrogen-bond acceptors (Lipinski definition) is 5. The van der Waals surface area contributed by atoms with Crippen molar-refractivity contribution >= 4 is 38.2 Å². The van der Waals surface area contributed by atoms with Gasteiger partial charge < -0.3 is 14.9 Å². The highest BCUT2D eigenvalue weighted by molar-refractivity contribution is 9.10. The summed E-state index contributed by atoms with van der Waals surface area (Å²) in [6.45, 7) is 5.45. The van der Waals surface area contributed by atoms with E-state index in [1.165, 1.54) is 11.3 Å². The second-order valence-electron chi connectivity index (χ2n) is 4.99. The van der Waals surface area contributed by atoms with E-state index >= 15 is 0 Å². The lowest BCUT2D eigenvalue weighted by Gasteiger charge is -2.19. The number of nitrogens with two attached hydrogens (primary N) is 1. The second kappa shape index (κ2) is 5.02. The van der Waals surface area contributed by atoms with E-state index in [9.17, 15) is 4.79 Å². The number of carbonyl (C=O) groups excluding carboxylic acids is 1. The standard InChI is InChI=1S/C13H14BrNO3S/c1-13(2,3)18-12(16)10-7(6-19-11(10)15)8-4-5-9(14)17-8/h4-6H,15H2,1-3H3. The highest BCUT2D eigenvalue weighted by atomic mass is 79.9. The maximum absolute atomic E-state index is 12.2. The topological polar surface area (TPSA) is 65.5 Å². The third-order valence-corrected chi connectivity index (χ3v) is 3.50. The first-order chi connectivity index (χ1) is 8.78. The van der Waals surface area contributed by atoms with Crippen LogP contribution in [0.25, 0.3) is 11.3 Å². The molecule has 2 aromatic heterocycles. The Morgan fingerprint density at radius 3 is 2.63 bits per heavy atom. The van der Waals surface area contributed by atoms with E-state index in [1.807, 2.05) is 20.8 Å². The van der Waals surface area contributed by atoms with Crippen LogP contribution in [0, 0.1) is 0 Å². The molecule has 0 amide bonds. The first-order valence-electron chi connectivity index (χ1n) is 5.64. The molecule has 0 saturated heterocycles. The number of hydrogen-bond donors (Lipinski definition) is 1. The highest BCUT2D eigenvalue weighted by Gasteiger charge is 2.25. The largest absolute Gasteiger partial charge is 0.456 e. The summed E-state index contributed by atoms with van der Waals surface area (Å²) < 4.78 is 11.4. The summed E-state index contributed by atoms with van der Waals surface area (Å²) in [4.78, 5) is 12.2. The summed E-state index contributed by atoms with van der Waals surface area (Å²) in [6, 6.07) is 3.54. The van der Waals surface area contributed by atoms with Crippen LogP contribution >= 0.6 is 27.3 Å². The van der Waals surface area contributed by atoms with Gasteiger partial charge in [-0.25, -0.2) is 4.79 Å². The van der Waals surface area contributed by atoms with Gasteiger partial charge in [-0.05, 0) is 48.8 Å². The summed E-state index contributed by atoms with van der Waals surface area (Å²) in [6.07, 6.45) is 0. The zero-order valence-electron chi connectivity index (χ0n) is 10.8. The maximum Gasteiger partial charge on any atom is 0.342 e. The third-order valence-electron chi connectivity index (χ3n) is 2.26. The maximum atomic E-state index is 12.2. The van der Waals surface area contributed by atoms with Crippen molar-refractivity contribution in [2.45, 2.75) is 26.4 Å². The summed E-state index contributed by atoms with van der Waals surface area (Å²) in [7, 11) is 0. The van der Waals surface area contributed by atoms with Crippen LogP contribution in [0.3, 0.4) is 0 Å². The zero-order chi connectivity index (χ0) is 14.2. The van der Waals surface area contributed by atoms with Crippen molar-refractivity contribution in [1.82, 2.24) is 0 Å². The molecule has 102 valence electrons. The molecule has 2 N–H and O–H groups in total. The van der Waals surface area contributed by atoms with Gasteiger partial charge in [0.15, 0.2) is 4.67 Å². The molecule has 0 aliphatic carbocycles. The van der Waals surface area contributed by atoms with Gasteiger partial charge in [0, 0.05) is 10.9 Å². The van der Waals surface area contributed by atoms with Gasteiger partial charge in [-0.3, -0.25) is 0 Å². The minimum atomic E-state index is -0.563. The van der Waals surface area contributed by atoms with Crippen molar-refractivity contribution in [3.63, 3.8) is 0 Å². The molecular formula is C13H14BrNO3S. The minimum Gasteiger partial charge on any atom is -0.456 e. The van der Waals surface area contributed by atoms with Crippen molar-refractivity contribution in [2.75, 3.05) is 5.73 Å². The van der Waals surface area contributed by atoms with Crippen LogP contribution in [0.5, 0.6) is 0 Å². The zero-order valence-corrected chi connectivity index (χ0v) is 13.2. The molecule has 0 atom stereocenters. The first kappa shape index (κ1) is 14.1. The van der Waals surface area contributed by atoms with Gasteiger partial charge in [0.2, 0.25) is 0 Å². The molecule has 6 heteroatoms. The van der Waals surface area contributed by atoms with E-state index in [0.717, 1.165) is 0 Å². The normalized spacial score (nSPS) is 11.6. The number of esters is 1. The van der Waals surface area contributed by atoms with Gasteiger partial charge >= 0.3 is 5.97 Å². The molecule has 0 saturated carbocycles. The van der Waals surface area contributed by atoms with E-state index < -0.39 is 11.6 Å². The van der Waals surface area contributed by atoms with Gasteiger partial charge in [0.1, 0.15) is 21.9 Å². The molecule has 0 spiro atoms. The van der Waals surface area contributed by atoms with Crippen LogP contribution in [0.1, 0.15) is 31.1 Å². The van der Waals surface area contributed by atoms with Crippen molar-refractivity contribution < 1.29 is 13.9 Å². The Kier molecular flexibility index (Phi) is 3.73. The Balaban J connectivity index is 2.41. The fourth-order valence-electron chi connectivity index (χ4n) is 1.55. The van der Waals surface area contributed by atoms with Crippen LogP contribution < -0.4 is 5.73 Å². The molecule has 0 bridgehead atoms. The lowest BCUT2D eigenvalue weighted by Crippen LogP contribution is -2.24. The summed E-state index contributed by atoms with van der Waals surface area (Å²) in [5, 5.41) is 2.22.